The van der Waals surface area contributed by atoms with E-state index < -0.39 is 0 Å². The van der Waals surface area contributed by atoms with E-state index in [-0.39, 0.29) is 12.4 Å². The Morgan fingerprint density at radius 1 is 1.11 bits per heavy atom. The van der Waals surface area contributed by atoms with Gasteiger partial charge in [0.1, 0.15) is 18.2 Å². The molecule has 0 aliphatic carbocycles. The number of rotatable bonds is 4. The van der Waals surface area contributed by atoms with E-state index in [1.165, 1.54) is 12.1 Å². The summed E-state index contributed by atoms with van der Waals surface area (Å²) in [6.45, 7) is 0.0795. The largest absolute Gasteiger partial charge is 0.487 e. The van der Waals surface area contributed by atoms with Gasteiger partial charge in [-0.2, -0.15) is 0 Å². The fraction of sp³-hybridized carbons (Fsp3) is 0.143. The molecule has 100 valence electrons. The number of hydrogen-bond donors (Lipinski definition) is 0. The number of hydrogen-bond acceptors (Lipinski definition) is 1. The van der Waals surface area contributed by atoms with Crippen molar-refractivity contribution in [2.24, 2.45) is 0 Å². The van der Waals surface area contributed by atoms with E-state index in [0.717, 1.165) is 5.56 Å². The first-order valence-corrected chi connectivity index (χ1v) is 7.39. The minimum absolute atomic E-state index is 0.0795. The van der Waals surface area contributed by atoms with Gasteiger partial charge in [0.2, 0.25) is 0 Å². The van der Waals surface area contributed by atoms with Crippen LogP contribution in [0.3, 0.4) is 0 Å². The monoisotopic (exact) mass is 362 g/mol. The Morgan fingerprint density at radius 2 is 1.89 bits per heavy atom. The molecule has 0 spiro atoms. The summed E-state index contributed by atoms with van der Waals surface area (Å²) in [6, 6.07) is 9.83. The fourth-order valence-electron chi connectivity index (χ4n) is 1.62. The lowest BCUT2D eigenvalue weighted by Crippen LogP contribution is -2.01. The molecule has 1 nitrogen and oxygen atoms in total. The lowest BCUT2D eigenvalue weighted by Gasteiger charge is -2.12. The lowest BCUT2D eigenvalue weighted by molar-refractivity contribution is 0.298. The fourth-order valence-corrected chi connectivity index (χ4v) is 2.51. The third-order valence-corrected chi connectivity index (χ3v) is 3.71. The number of ether oxygens (including phenoxy) is 1. The Balaban J connectivity index is 2.21. The summed E-state index contributed by atoms with van der Waals surface area (Å²) in [5.74, 6) is 0.206. The van der Waals surface area contributed by atoms with Gasteiger partial charge >= 0.3 is 0 Å². The minimum atomic E-state index is -0.350. The second kappa shape index (κ2) is 6.60. The van der Waals surface area contributed by atoms with Crippen molar-refractivity contribution in [3.63, 3.8) is 0 Å². The molecular formula is C14H10BrCl2FO. The molecule has 0 heterocycles. The molecule has 0 saturated heterocycles. The number of alkyl halides is 1. The average Bonchev–Trinajstić information content (AvgIpc) is 2.40. The zero-order chi connectivity index (χ0) is 13.8. The summed E-state index contributed by atoms with van der Waals surface area (Å²) in [5.41, 5.74) is 1.31. The first kappa shape index (κ1) is 14.6. The maximum atomic E-state index is 13.6. The molecule has 2 aromatic carbocycles. The number of halogens is 4. The highest BCUT2D eigenvalue weighted by Gasteiger charge is 2.10. The Hall–Kier alpha value is -0.770. The second-order valence-corrected chi connectivity index (χ2v) is 5.29. The van der Waals surface area contributed by atoms with Crippen molar-refractivity contribution < 1.29 is 9.13 Å². The Kier molecular flexibility index (Phi) is 5.08. The molecule has 0 radical (unpaired) electrons. The third kappa shape index (κ3) is 3.62. The standard InChI is InChI=1S/C14H10BrCl2FO/c15-7-9-2-1-3-12(17)14(9)19-8-10-6-11(16)4-5-13(10)18/h1-6H,7-8H2. The van der Waals surface area contributed by atoms with Crippen molar-refractivity contribution in [3.8, 4) is 5.75 Å². The van der Waals surface area contributed by atoms with E-state index in [9.17, 15) is 4.39 Å². The lowest BCUT2D eigenvalue weighted by atomic mass is 10.2. The van der Waals surface area contributed by atoms with Crippen molar-refractivity contribution in [1.29, 1.82) is 0 Å². The van der Waals surface area contributed by atoms with E-state index in [2.05, 4.69) is 15.9 Å². The van der Waals surface area contributed by atoms with Crippen LogP contribution in [0.25, 0.3) is 0 Å². The van der Waals surface area contributed by atoms with Crippen LogP contribution in [-0.4, -0.2) is 0 Å². The van der Waals surface area contributed by atoms with Crippen LogP contribution in [0.4, 0.5) is 4.39 Å². The van der Waals surface area contributed by atoms with Crippen molar-refractivity contribution in [3.05, 3.63) is 63.4 Å². The minimum Gasteiger partial charge on any atom is -0.487 e. The van der Waals surface area contributed by atoms with Crippen molar-refractivity contribution in [2.75, 3.05) is 0 Å². The molecule has 0 saturated carbocycles. The zero-order valence-corrected chi connectivity index (χ0v) is 12.9. The van der Waals surface area contributed by atoms with Crippen LogP contribution in [-0.2, 0) is 11.9 Å². The van der Waals surface area contributed by atoms with Crippen LogP contribution in [0.1, 0.15) is 11.1 Å². The summed E-state index contributed by atoms with van der Waals surface area (Å²) in [6.07, 6.45) is 0. The van der Waals surface area contributed by atoms with Crippen LogP contribution in [0.2, 0.25) is 10.0 Å². The molecule has 0 atom stereocenters. The maximum Gasteiger partial charge on any atom is 0.142 e. The molecule has 2 aromatic rings. The highest BCUT2D eigenvalue weighted by atomic mass is 79.9. The Bertz CT molecular complexity index is 590. The van der Waals surface area contributed by atoms with Crippen LogP contribution >= 0.6 is 39.1 Å². The molecule has 2 rings (SSSR count). The first-order valence-electron chi connectivity index (χ1n) is 5.52. The molecule has 5 heteroatoms. The highest BCUT2D eigenvalue weighted by molar-refractivity contribution is 9.08. The summed E-state index contributed by atoms with van der Waals surface area (Å²) >= 11 is 15.3. The van der Waals surface area contributed by atoms with E-state index in [1.54, 1.807) is 12.1 Å². The summed E-state index contributed by atoms with van der Waals surface area (Å²) in [7, 11) is 0. The quantitative estimate of drug-likeness (QED) is 0.642. The van der Waals surface area contributed by atoms with Crippen LogP contribution < -0.4 is 4.74 Å². The van der Waals surface area contributed by atoms with Gasteiger partial charge in [-0.15, -0.1) is 0 Å². The predicted molar refractivity (Wildman–Crippen MR) is 79.8 cm³/mol. The molecule has 0 aliphatic rings. The van der Waals surface area contributed by atoms with Gasteiger partial charge in [-0.3, -0.25) is 0 Å². The van der Waals surface area contributed by atoms with E-state index in [1.807, 2.05) is 12.1 Å². The Labute approximate surface area is 129 Å². The van der Waals surface area contributed by atoms with Gasteiger partial charge < -0.3 is 4.74 Å². The molecule has 0 bridgehead atoms. The van der Waals surface area contributed by atoms with Gasteiger partial charge in [-0.1, -0.05) is 51.3 Å². The molecule has 0 aromatic heterocycles. The SMILES string of the molecule is Fc1ccc(Cl)cc1COc1c(Cl)cccc1CBr. The third-order valence-electron chi connectivity index (χ3n) is 2.57. The molecule has 19 heavy (non-hydrogen) atoms. The molecular weight excluding hydrogens is 354 g/mol. The zero-order valence-electron chi connectivity index (χ0n) is 9.80. The van der Waals surface area contributed by atoms with Crippen molar-refractivity contribution in [2.45, 2.75) is 11.9 Å². The second-order valence-electron chi connectivity index (χ2n) is 3.89. The number of para-hydroxylation sites is 1. The van der Waals surface area contributed by atoms with Gasteiger partial charge in [0.25, 0.3) is 0 Å². The van der Waals surface area contributed by atoms with E-state index in [0.29, 0.717) is 26.7 Å². The van der Waals surface area contributed by atoms with Gasteiger partial charge in [-0.25, -0.2) is 4.39 Å². The molecule has 0 aliphatic heterocycles. The molecule has 0 unspecified atom stereocenters. The van der Waals surface area contributed by atoms with Crippen LogP contribution in [0, 0.1) is 5.82 Å². The van der Waals surface area contributed by atoms with E-state index in [4.69, 9.17) is 27.9 Å². The molecule has 0 amide bonds. The smallest absolute Gasteiger partial charge is 0.142 e. The van der Waals surface area contributed by atoms with Crippen LogP contribution in [0.15, 0.2) is 36.4 Å². The van der Waals surface area contributed by atoms with Gasteiger partial charge in [0, 0.05) is 21.5 Å². The molecule has 0 N–H and O–H groups in total. The average molecular weight is 364 g/mol. The van der Waals surface area contributed by atoms with Gasteiger partial charge in [0.15, 0.2) is 0 Å². The molecule has 0 fully saturated rings. The van der Waals surface area contributed by atoms with Crippen molar-refractivity contribution in [1.82, 2.24) is 0 Å². The normalized spacial score (nSPS) is 10.5. The predicted octanol–water partition coefficient (Wildman–Crippen LogP) is 5.61. The van der Waals surface area contributed by atoms with E-state index >= 15 is 0 Å². The summed E-state index contributed by atoms with van der Waals surface area (Å²) < 4.78 is 19.2. The summed E-state index contributed by atoms with van der Waals surface area (Å²) in [4.78, 5) is 0. The van der Waals surface area contributed by atoms with Crippen LogP contribution in [0.5, 0.6) is 5.75 Å². The highest BCUT2D eigenvalue weighted by Crippen LogP contribution is 2.31. The van der Waals surface area contributed by atoms with Gasteiger partial charge in [-0.05, 0) is 24.3 Å². The summed E-state index contributed by atoms with van der Waals surface area (Å²) in [5, 5.41) is 1.58. The Morgan fingerprint density at radius 3 is 2.63 bits per heavy atom. The topological polar surface area (TPSA) is 9.23 Å². The first-order chi connectivity index (χ1) is 9.11. The number of benzene rings is 2. The maximum absolute atomic E-state index is 13.6. The van der Waals surface area contributed by atoms with Crippen molar-refractivity contribution >= 4 is 39.1 Å². The van der Waals surface area contributed by atoms with Gasteiger partial charge in [0.05, 0.1) is 5.02 Å².